The second kappa shape index (κ2) is 7.85. The normalized spacial score (nSPS) is 17.2. The summed E-state index contributed by atoms with van der Waals surface area (Å²) >= 11 is 5.81. The molecule has 0 aromatic heterocycles. The molecule has 0 aliphatic carbocycles. The molecule has 0 radical (unpaired) electrons. The summed E-state index contributed by atoms with van der Waals surface area (Å²) in [6, 6.07) is 7.87. The molecule has 0 spiro atoms. The third-order valence-electron chi connectivity index (χ3n) is 3.12. The molecule has 0 unspecified atom stereocenters. The van der Waals surface area contributed by atoms with E-state index in [1.807, 2.05) is 24.3 Å². The lowest BCUT2D eigenvalue weighted by Gasteiger charge is -2.29. The van der Waals surface area contributed by atoms with Crippen LogP contribution in [0.3, 0.4) is 0 Å². The van der Waals surface area contributed by atoms with Crippen LogP contribution in [0.15, 0.2) is 24.3 Å². The molecular formula is C13H20Cl2N2O. The van der Waals surface area contributed by atoms with Crippen LogP contribution in [0.25, 0.3) is 0 Å². The van der Waals surface area contributed by atoms with Gasteiger partial charge in [-0.2, -0.15) is 0 Å². The number of rotatable bonds is 4. The van der Waals surface area contributed by atoms with Crippen LogP contribution in [-0.2, 0) is 0 Å². The fourth-order valence-electron chi connectivity index (χ4n) is 2.00. The van der Waals surface area contributed by atoms with Gasteiger partial charge in [0.1, 0.15) is 12.4 Å². The predicted molar refractivity (Wildman–Crippen MR) is 77.8 cm³/mol. The van der Waals surface area contributed by atoms with Crippen LogP contribution < -0.4 is 10.5 Å². The predicted octanol–water partition coefficient (Wildman–Crippen LogP) is 2.56. The highest BCUT2D eigenvalue weighted by molar-refractivity contribution is 6.30. The van der Waals surface area contributed by atoms with Crippen LogP contribution >= 0.6 is 24.0 Å². The molecule has 0 saturated carbocycles. The number of nitrogens with two attached hydrogens (primary N) is 1. The standard InChI is InChI=1S/C13H19ClN2O.ClH/c14-11-1-3-13(4-2-11)17-10-9-16-7-5-12(15)6-8-16;/h1-4,12H,5-10,15H2;1H. The van der Waals surface area contributed by atoms with Gasteiger partial charge in [0.25, 0.3) is 0 Å². The van der Waals surface area contributed by atoms with Crippen LogP contribution in [0, 0.1) is 0 Å². The van der Waals surface area contributed by atoms with Gasteiger partial charge in [-0.3, -0.25) is 4.90 Å². The van der Waals surface area contributed by atoms with Gasteiger partial charge >= 0.3 is 0 Å². The number of likely N-dealkylation sites (tertiary alicyclic amines) is 1. The van der Waals surface area contributed by atoms with Crippen molar-refractivity contribution >= 4 is 24.0 Å². The Labute approximate surface area is 120 Å². The molecule has 2 rings (SSSR count). The summed E-state index contributed by atoms with van der Waals surface area (Å²) in [7, 11) is 0. The average molecular weight is 291 g/mol. The molecule has 1 heterocycles. The van der Waals surface area contributed by atoms with Crippen molar-refractivity contribution in [2.75, 3.05) is 26.2 Å². The van der Waals surface area contributed by atoms with E-state index in [9.17, 15) is 0 Å². The molecular weight excluding hydrogens is 271 g/mol. The molecule has 2 N–H and O–H groups in total. The number of halogens is 2. The maximum atomic E-state index is 5.86. The van der Waals surface area contributed by atoms with Crippen LogP contribution in [0.1, 0.15) is 12.8 Å². The number of nitrogens with zero attached hydrogens (tertiary/aromatic N) is 1. The SMILES string of the molecule is Cl.NC1CCN(CCOc2ccc(Cl)cc2)CC1. The van der Waals surface area contributed by atoms with Crippen molar-refractivity contribution < 1.29 is 4.74 Å². The largest absolute Gasteiger partial charge is 0.492 e. The van der Waals surface area contributed by atoms with Gasteiger partial charge in [0.15, 0.2) is 0 Å². The van der Waals surface area contributed by atoms with Crippen molar-refractivity contribution in [3.63, 3.8) is 0 Å². The summed E-state index contributed by atoms with van der Waals surface area (Å²) in [6.45, 7) is 3.86. The van der Waals surface area contributed by atoms with E-state index in [0.717, 1.165) is 49.9 Å². The molecule has 1 aromatic rings. The minimum atomic E-state index is 0. The van der Waals surface area contributed by atoms with Crippen LogP contribution in [0.4, 0.5) is 0 Å². The average Bonchev–Trinajstić information content (AvgIpc) is 2.34. The third-order valence-corrected chi connectivity index (χ3v) is 3.37. The molecule has 1 saturated heterocycles. The Bertz CT molecular complexity index is 337. The van der Waals surface area contributed by atoms with E-state index in [4.69, 9.17) is 22.1 Å². The zero-order valence-corrected chi connectivity index (χ0v) is 11.9. The Balaban J connectivity index is 0.00000162. The van der Waals surface area contributed by atoms with E-state index in [1.54, 1.807) is 0 Å². The summed E-state index contributed by atoms with van der Waals surface area (Å²) in [6.07, 6.45) is 2.20. The van der Waals surface area contributed by atoms with Gasteiger partial charge in [-0.05, 0) is 50.2 Å². The van der Waals surface area contributed by atoms with E-state index in [2.05, 4.69) is 4.90 Å². The van der Waals surface area contributed by atoms with Crippen LogP contribution in [0.2, 0.25) is 5.02 Å². The van der Waals surface area contributed by atoms with Gasteiger partial charge in [0, 0.05) is 17.6 Å². The second-order valence-electron chi connectivity index (χ2n) is 4.48. The molecule has 1 aliphatic heterocycles. The fraction of sp³-hybridized carbons (Fsp3) is 0.538. The van der Waals surface area contributed by atoms with Gasteiger partial charge in [0.2, 0.25) is 0 Å². The first-order chi connectivity index (χ1) is 8.24. The van der Waals surface area contributed by atoms with Crippen LogP contribution in [0.5, 0.6) is 5.75 Å². The Hall–Kier alpha value is -0.480. The smallest absolute Gasteiger partial charge is 0.119 e. The quantitative estimate of drug-likeness (QED) is 0.926. The molecule has 102 valence electrons. The topological polar surface area (TPSA) is 38.5 Å². The Morgan fingerprint density at radius 2 is 1.83 bits per heavy atom. The minimum absolute atomic E-state index is 0. The van der Waals surface area contributed by atoms with E-state index in [0.29, 0.717) is 6.04 Å². The first-order valence-corrected chi connectivity index (χ1v) is 6.48. The molecule has 1 aliphatic rings. The summed E-state index contributed by atoms with van der Waals surface area (Å²) in [5, 5.41) is 0.738. The lowest BCUT2D eigenvalue weighted by atomic mass is 10.1. The zero-order valence-electron chi connectivity index (χ0n) is 10.3. The number of benzene rings is 1. The Kier molecular flexibility index (Phi) is 6.79. The summed E-state index contributed by atoms with van der Waals surface area (Å²) < 4.78 is 5.66. The highest BCUT2D eigenvalue weighted by atomic mass is 35.5. The van der Waals surface area contributed by atoms with Crippen molar-refractivity contribution in [2.45, 2.75) is 18.9 Å². The van der Waals surface area contributed by atoms with E-state index in [1.165, 1.54) is 0 Å². The van der Waals surface area contributed by atoms with Crippen LogP contribution in [-0.4, -0.2) is 37.2 Å². The molecule has 5 heteroatoms. The van der Waals surface area contributed by atoms with Gasteiger partial charge in [-0.15, -0.1) is 12.4 Å². The maximum Gasteiger partial charge on any atom is 0.119 e. The first kappa shape index (κ1) is 15.6. The highest BCUT2D eigenvalue weighted by Crippen LogP contribution is 2.15. The molecule has 0 bridgehead atoms. The second-order valence-corrected chi connectivity index (χ2v) is 4.92. The zero-order chi connectivity index (χ0) is 12.1. The van der Waals surface area contributed by atoms with E-state index in [-0.39, 0.29) is 12.4 Å². The van der Waals surface area contributed by atoms with E-state index < -0.39 is 0 Å². The lowest BCUT2D eigenvalue weighted by Crippen LogP contribution is -2.41. The van der Waals surface area contributed by atoms with E-state index >= 15 is 0 Å². The number of hydrogen-bond acceptors (Lipinski definition) is 3. The Morgan fingerprint density at radius 3 is 2.44 bits per heavy atom. The Morgan fingerprint density at radius 1 is 1.22 bits per heavy atom. The lowest BCUT2D eigenvalue weighted by molar-refractivity contribution is 0.174. The molecule has 1 fully saturated rings. The molecule has 0 atom stereocenters. The monoisotopic (exact) mass is 290 g/mol. The molecule has 18 heavy (non-hydrogen) atoms. The number of hydrogen-bond donors (Lipinski definition) is 1. The van der Waals surface area contributed by atoms with Crippen molar-refractivity contribution in [1.82, 2.24) is 4.90 Å². The fourth-order valence-corrected chi connectivity index (χ4v) is 2.13. The van der Waals surface area contributed by atoms with Crippen molar-refractivity contribution in [2.24, 2.45) is 5.73 Å². The highest BCUT2D eigenvalue weighted by Gasteiger charge is 2.15. The van der Waals surface area contributed by atoms with Gasteiger partial charge < -0.3 is 10.5 Å². The first-order valence-electron chi connectivity index (χ1n) is 6.10. The van der Waals surface area contributed by atoms with Gasteiger partial charge in [0.05, 0.1) is 0 Å². The molecule has 1 aromatic carbocycles. The van der Waals surface area contributed by atoms with Gasteiger partial charge in [-0.25, -0.2) is 0 Å². The maximum absolute atomic E-state index is 5.86. The molecule has 0 amide bonds. The minimum Gasteiger partial charge on any atom is -0.492 e. The summed E-state index contributed by atoms with van der Waals surface area (Å²) in [4.78, 5) is 2.40. The van der Waals surface area contributed by atoms with Crippen molar-refractivity contribution in [1.29, 1.82) is 0 Å². The third kappa shape index (κ3) is 5.02. The molecule has 3 nitrogen and oxygen atoms in total. The van der Waals surface area contributed by atoms with Crippen molar-refractivity contribution in [3.8, 4) is 5.75 Å². The summed E-state index contributed by atoms with van der Waals surface area (Å²) in [5.74, 6) is 0.878. The summed E-state index contributed by atoms with van der Waals surface area (Å²) in [5.41, 5.74) is 5.86. The van der Waals surface area contributed by atoms with Crippen molar-refractivity contribution in [3.05, 3.63) is 29.3 Å². The number of piperidine rings is 1. The number of ether oxygens (including phenoxy) is 1. The van der Waals surface area contributed by atoms with Gasteiger partial charge in [-0.1, -0.05) is 11.6 Å².